The van der Waals surface area contributed by atoms with Gasteiger partial charge >= 0.3 is 0 Å². The first kappa shape index (κ1) is 38.3. The smallest absolute Gasteiger partial charge is 0.159 e. The highest BCUT2D eigenvalue weighted by atomic mass is 32.1. The van der Waals surface area contributed by atoms with Gasteiger partial charge in [-0.3, -0.25) is 0 Å². The van der Waals surface area contributed by atoms with E-state index in [1.54, 1.807) is 0 Å². The molecule has 4 nitrogen and oxygen atoms in total. The average Bonchev–Trinajstić information content (AvgIpc) is 3.95. The molecule has 0 aliphatic carbocycles. The van der Waals surface area contributed by atoms with E-state index in [0.29, 0.717) is 0 Å². The van der Waals surface area contributed by atoms with E-state index in [9.17, 15) is 0 Å². The van der Waals surface area contributed by atoms with Crippen LogP contribution in [0.25, 0.3) is 53.2 Å². The van der Waals surface area contributed by atoms with Crippen molar-refractivity contribution in [3.05, 3.63) is 249 Å². The van der Waals surface area contributed by atoms with Crippen molar-refractivity contribution in [2.75, 3.05) is 14.7 Å². The summed E-state index contributed by atoms with van der Waals surface area (Å²) in [5.74, 6) is 0. The van der Waals surface area contributed by atoms with Crippen molar-refractivity contribution in [2.45, 2.75) is 0 Å². The minimum atomic E-state index is 0.825. The van der Waals surface area contributed by atoms with Gasteiger partial charge in [0.15, 0.2) is 5.58 Å². The van der Waals surface area contributed by atoms with Gasteiger partial charge in [0.25, 0.3) is 0 Å². The van der Waals surface area contributed by atoms with Gasteiger partial charge in [0.1, 0.15) is 5.58 Å². The molecule has 12 rings (SSSR count). The van der Waals surface area contributed by atoms with Gasteiger partial charge in [-0.05, 0) is 120 Å². The molecule has 0 atom stereocenters. The molecular weight excluding hydrogens is 811 g/mol. The summed E-state index contributed by atoms with van der Waals surface area (Å²) in [6.07, 6.45) is 0. The van der Waals surface area contributed by atoms with Crippen LogP contribution in [0.5, 0.6) is 0 Å². The number of hydrogen-bond donors (Lipinski definition) is 0. The maximum absolute atomic E-state index is 6.84. The predicted octanol–water partition coefficient (Wildman–Crippen LogP) is 18.0. The van der Waals surface area contributed by atoms with Crippen molar-refractivity contribution in [1.29, 1.82) is 0 Å². The molecular formula is C60H41N3OS. The van der Waals surface area contributed by atoms with Gasteiger partial charge in [0.2, 0.25) is 0 Å². The monoisotopic (exact) mass is 851 g/mol. The first-order chi connectivity index (χ1) is 32.2. The summed E-state index contributed by atoms with van der Waals surface area (Å²) in [7, 11) is 0. The van der Waals surface area contributed by atoms with E-state index < -0.39 is 0 Å². The second kappa shape index (κ2) is 16.4. The summed E-state index contributed by atoms with van der Waals surface area (Å²) < 4.78 is 9.45. The second-order valence-electron chi connectivity index (χ2n) is 16.2. The van der Waals surface area contributed by atoms with Crippen LogP contribution in [0.1, 0.15) is 0 Å². The molecule has 0 aliphatic heterocycles. The van der Waals surface area contributed by atoms with Gasteiger partial charge in [-0.2, -0.15) is 0 Å². The molecule has 0 amide bonds. The molecule has 0 N–H and O–H groups in total. The number of fused-ring (bicyclic) bond motifs is 6. The summed E-state index contributed by atoms with van der Waals surface area (Å²) >= 11 is 1.85. The lowest BCUT2D eigenvalue weighted by atomic mass is 10.0. The fourth-order valence-corrected chi connectivity index (χ4v) is 10.3. The molecule has 0 saturated heterocycles. The first-order valence-corrected chi connectivity index (χ1v) is 22.7. The fourth-order valence-electron chi connectivity index (χ4n) is 9.21. The Balaban J connectivity index is 1.11. The predicted molar refractivity (Wildman–Crippen MR) is 276 cm³/mol. The Morgan fingerprint density at radius 3 is 1.31 bits per heavy atom. The van der Waals surface area contributed by atoms with Gasteiger partial charge in [-0.1, -0.05) is 140 Å². The molecule has 0 aliphatic rings. The molecule has 65 heavy (non-hydrogen) atoms. The summed E-state index contributed by atoms with van der Waals surface area (Å²) in [6, 6.07) is 88.8. The van der Waals surface area contributed by atoms with Crippen LogP contribution >= 0.6 is 11.3 Å². The van der Waals surface area contributed by atoms with Gasteiger partial charge < -0.3 is 19.1 Å². The second-order valence-corrected chi connectivity index (χ2v) is 17.2. The molecule has 0 bridgehead atoms. The highest BCUT2D eigenvalue weighted by Gasteiger charge is 2.24. The third kappa shape index (κ3) is 7.05. The van der Waals surface area contributed by atoms with Crippen molar-refractivity contribution >= 4 is 105 Å². The SMILES string of the molecule is c1ccc(N(c2ccccc2)c2cc(N(c3ccccc3)c3ccccc3)cc(N(c3ccc(-c4ccc5sc6ccccc6c5c4)cc3)c3cccc4c3oc3ccccc34)c2)cc1. The van der Waals surface area contributed by atoms with Gasteiger partial charge in [0.05, 0.1) is 22.7 Å². The van der Waals surface area contributed by atoms with E-state index in [-0.39, 0.29) is 0 Å². The van der Waals surface area contributed by atoms with Gasteiger partial charge in [-0.25, -0.2) is 0 Å². The Labute approximate surface area is 381 Å². The molecule has 0 spiro atoms. The zero-order valence-corrected chi connectivity index (χ0v) is 36.1. The van der Waals surface area contributed by atoms with Crippen LogP contribution in [0.2, 0.25) is 0 Å². The van der Waals surface area contributed by atoms with Crippen LogP contribution < -0.4 is 14.7 Å². The lowest BCUT2D eigenvalue weighted by Gasteiger charge is -2.33. The van der Waals surface area contributed by atoms with Crippen LogP contribution in [-0.2, 0) is 0 Å². The first-order valence-electron chi connectivity index (χ1n) is 21.9. The van der Waals surface area contributed by atoms with E-state index in [1.807, 2.05) is 17.4 Å². The Bertz CT molecular complexity index is 3430. The zero-order chi connectivity index (χ0) is 43.1. The standard InChI is InChI=1S/C60H41N3OS/c1-5-18-44(19-6-1)61(45-20-7-2-8-21-45)49-39-50(62(46-22-9-3-10-23-46)47-24-11-4-12-25-47)41-51(40-49)63(56-29-17-28-54-52-26-13-15-30-57(52)64-60(54)56)48-35-32-42(33-36-48)43-34-37-59-55(38-43)53-27-14-16-31-58(53)65-59/h1-41H. The Kier molecular flexibility index (Phi) is 9.66. The molecule has 2 heterocycles. The molecule has 0 saturated carbocycles. The third-order valence-electron chi connectivity index (χ3n) is 12.2. The van der Waals surface area contributed by atoms with Crippen molar-refractivity contribution in [3.8, 4) is 11.1 Å². The van der Waals surface area contributed by atoms with Crippen LogP contribution in [0, 0.1) is 0 Å². The molecule has 308 valence electrons. The number of furan rings is 1. The molecule has 10 aromatic carbocycles. The van der Waals surface area contributed by atoms with E-state index >= 15 is 0 Å². The van der Waals surface area contributed by atoms with E-state index in [0.717, 1.165) is 78.7 Å². The summed E-state index contributed by atoms with van der Waals surface area (Å²) in [6.45, 7) is 0. The molecule has 5 heteroatoms. The van der Waals surface area contributed by atoms with Crippen molar-refractivity contribution in [2.24, 2.45) is 0 Å². The molecule has 12 aromatic rings. The quantitative estimate of drug-likeness (QED) is 0.137. The normalized spacial score (nSPS) is 11.4. The lowest BCUT2D eigenvalue weighted by molar-refractivity contribution is 0.669. The van der Waals surface area contributed by atoms with Gasteiger partial charge in [0, 0.05) is 59.4 Å². The number of hydrogen-bond acceptors (Lipinski definition) is 5. The summed E-state index contributed by atoms with van der Waals surface area (Å²) in [4.78, 5) is 7.04. The number of rotatable bonds is 10. The molecule has 0 fully saturated rings. The van der Waals surface area contributed by atoms with Gasteiger partial charge in [-0.15, -0.1) is 11.3 Å². The topological polar surface area (TPSA) is 22.9 Å². The Hall–Kier alpha value is -8.38. The van der Waals surface area contributed by atoms with Crippen LogP contribution in [-0.4, -0.2) is 0 Å². The summed E-state index contributed by atoms with van der Waals surface area (Å²) in [5, 5.41) is 4.74. The largest absolute Gasteiger partial charge is 0.454 e. The average molecular weight is 852 g/mol. The van der Waals surface area contributed by atoms with Crippen LogP contribution in [0.3, 0.4) is 0 Å². The maximum Gasteiger partial charge on any atom is 0.159 e. The lowest BCUT2D eigenvalue weighted by Crippen LogP contribution is -2.16. The van der Waals surface area contributed by atoms with Crippen molar-refractivity contribution < 1.29 is 4.42 Å². The van der Waals surface area contributed by atoms with Crippen molar-refractivity contribution in [1.82, 2.24) is 0 Å². The Morgan fingerprint density at radius 1 is 0.277 bits per heavy atom. The zero-order valence-electron chi connectivity index (χ0n) is 35.3. The fraction of sp³-hybridized carbons (Fsp3) is 0. The molecule has 2 aromatic heterocycles. The van der Waals surface area contributed by atoms with E-state index in [1.165, 1.54) is 25.7 Å². The van der Waals surface area contributed by atoms with Crippen LogP contribution in [0.4, 0.5) is 51.2 Å². The third-order valence-corrected chi connectivity index (χ3v) is 13.3. The highest BCUT2D eigenvalue weighted by molar-refractivity contribution is 7.25. The number of nitrogens with zero attached hydrogens (tertiary/aromatic N) is 3. The molecule has 0 unspecified atom stereocenters. The Morgan fingerprint density at radius 2 is 0.723 bits per heavy atom. The molecule has 0 radical (unpaired) electrons. The minimum Gasteiger partial charge on any atom is -0.454 e. The number of thiophene rings is 1. The minimum absolute atomic E-state index is 0.825. The number of benzene rings is 10. The van der Waals surface area contributed by atoms with Crippen LogP contribution in [0.15, 0.2) is 253 Å². The van der Waals surface area contributed by atoms with E-state index in [2.05, 4.69) is 257 Å². The summed E-state index contributed by atoms with van der Waals surface area (Å²) in [5.41, 5.74) is 13.2. The number of para-hydroxylation sites is 6. The maximum atomic E-state index is 6.84. The van der Waals surface area contributed by atoms with Crippen molar-refractivity contribution in [3.63, 3.8) is 0 Å². The highest BCUT2D eigenvalue weighted by Crippen LogP contribution is 2.48. The number of anilines is 9. The van der Waals surface area contributed by atoms with E-state index in [4.69, 9.17) is 4.42 Å².